The zero-order valence-corrected chi connectivity index (χ0v) is 5.51. The van der Waals surface area contributed by atoms with Crippen molar-refractivity contribution >= 4 is 6.47 Å². The van der Waals surface area contributed by atoms with Crippen molar-refractivity contribution in [3.05, 3.63) is 11.6 Å². The van der Waals surface area contributed by atoms with Gasteiger partial charge in [0, 0.05) is 0 Å². The average Bonchev–Trinajstić information content (AvgIpc) is 1.69. The fourth-order valence-electron chi connectivity index (χ4n) is 0. The number of hydrogen-bond donors (Lipinski definition) is 1. The second-order valence-electron chi connectivity index (χ2n) is 1.47. The summed E-state index contributed by atoms with van der Waals surface area (Å²) in [6.45, 7) is 5.95. The summed E-state index contributed by atoms with van der Waals surface area (Å²) in [7, 11) is 0. The molecule has 0 unspecified atom stereocenters. The summed E-state index contributed by atoms with van der Waals surface area (Å²) in [6.07, 6.45) is 2.08. The van der Waals surface area contributed by atoms with Crippen LogP contribution >= 0.6 is 0 Å². The first-order chi connectivity index (χ1) is 3.68. The Morgan fingerprint density at radius 1 is 1.50 bits per heavy atom. The lowest BCUT2D eigenvalue weighted by Crippen LogP contribution is -1.52. The van der Waals surface area contributed by atoms with Crippen molar-refractivity contribution in [1.29, 1.82) is 0 Å². The molecule has 48 valence electrons. The number of carbonyl (C=O) groups is 1. The van der Waals surface area contributed by atoms with Gasteiger partial charge in [-0.25, -0.2) is 0 Å². The first kappa shape index (κ1) is 10.2. The lowest BCUT2D eigenvalue weighted by molar-refractivity contribution is -0.122. The lowest BCUT2D eigenvalue weighted by Gasteiger charge is -1.74. The van der Waals surface area contributed by atoms with E-state index in [-0.39, 0.29) is 6.47 Å². The van der Waals surface area contributed by atoms with Gasteiger partial charge in [-0.2, -0.15) is 0 Å². The molecule has 0 saturated carbocycles. The van der Waals surface area contributed by atoms with Crippen LogP contribution in [0.15, 0.2) is 11.6 Å². The first-order valence-electron chi connectivity index (χ1n) is 2.36. The molecule has 0 aliphatic heterocycles. The molecule has 0 amide bonds. The molecular weight excluding hydrogens is 104 g/mol. The molecule has 0 fully saturated rings. The Kier molecular flexibility index (Phi) is 12.2. The number of rotatable bonds is 0. The molecule has 1 N–H and O–H groups in total. The first-order valence-corrected chi connectivity index (χ1v) is 2.36. The van der Waals surface area contributed by atoms with Crippen LogP contribution in [0.1, 0.15) is 20.8 Å². The monoisotopic (exact) mass is 116 g/mol. The molecule has 0 bridgehead atoms. The maximum Gasteiger partial charge on any atom is 0.290 e. The summed E-state index contributed by atoms with van der Waals surface area (Å²) in [5.41, 5.74) is 1.38. The summed E-state index contributed by atoms with van der Waals surface area (Å²) < 4.78 is 0. The van der Waals surface area contributed by atoms with Crippen molar-refractivity contribution in [3.63, 3.8) is 0 Å². The van der Waals surface area contributed by atoms with Crippen LogP contribution in [0.4, 0.5) is 0 Å². The molecule has 0 radical (unpaired) electrons. The number of allylic oxidation sites excluding steroid dienone is 2. The van der Waals surface area contributed by atoms with E-state index in [4.69, 9.17) is 9.90 Å². The molecule has 2 heteroatoms. The second kappa shape index (κ2) is 9.51. The number of carboxylic acid groups (broad SMARTS) is 1. The Balaban J connectivity index is 0. The molecule has 0 aliphatic rings. The molecule has 0 aromatic rings. The zero-order chi connectivity index (χ0) is 6.99. The molecule has 0 aromatic heterocycles. The SMILES string of the molecule is CC=C(C)C.O=CO. The summed E-state index contributed by atoms with van der Waals surface area (Å²) in [5.74, 6) is 0. The van der Waals surface area contributed by atoms with Gasteiger partial charge >= 0.3 is 0 Å². The van der Waals surface area contributed by atoms with Crippen molar-refractivity contribution in [2.75, 3.05) is 0 Å². The quantitative estimate of drug-likeness (QED) is 0.386. The third-order valence-electron chi connectivity index (χ3n) is 0.577. The van der Waals surface area contributed by atoms with Gasteiger partial charge in [-0.3, -0.25) is 4.79 Å². The highest BCUT2D eigenvalue weighted by Gasteiger charge is 1.60. The van der Waals surface area contributed by atoms with Gasteiger partial charge in [-0.15, -0.1) is 0 Å². The van der Waals surface area contributed by atoms with Gasteiger partial charge in [0.15, 0.2) is 0 Å². The smallest absolute Gasteiger partial charge is 0.290 e. The van der Waals surface area contributed by atoms with Gasteiger partial charge in [-0.1, -0.05) is 11.6 Å². The predicted molar refractivity (Wildman–Crippen MR) is 33.8 cm³/mol. The summed E-state index contributed by atoms with van der Waals surface area (Å²) in [5, 5.41) is 6.89. The van der Waals surface area contributed by atoms with Gasteiger partial charge in [0.1, 0.15) is 0 Å². The van der Waals surface area contributed by atoms with Gasteiger partial charge in [0.05, 0.1) is 0 Å². The van der Waals surface area contributed by atoms with E-state index in [2.05, 4.69) is 19.9 Å². The fourth-order valence-corrected chi connectivity index (χ4v) is 0. The number of hydrogen-bond acceptors (Lipinski definition) is 1. The Labute approximate surface area is 49.8 Å². The minimum atomic E-state index is -0.250. The standard InChI is InChI=1S/C5H10.CH2O2/c1-4-5(2)3;2-1-3/h4H,1-3H3;1H,(H,2,3). The van der Waals surface area contributed by atoms with Gasteiger partial charge in [-0.05, 0) is 20.8 Å². The van der Waals surface area contributed by atoms with E-state index >= 15 is 0 Å². The van der Waals surface area contributed by atoms with Gasteiger partial charge < -0.3 is 5.11 Å². The topological polar surface area (TPSA) is 37.3 Å². The van der Waals surface area contributed by atoms with Crippen LogP contribution in [-0.2, 0) is 4.79 Å². The second-order valence-corrected chi connectivity index (χ2v) is 1.47. The van der Waals surface area contributed by atoms with Crippen LogP contribution in [0.2, 0.25) is 0 Å². The molecule has 2 nitrogen and oxygen atoms in total. The van der Waals surface area contributed by atoms with Crippen LogP contribution < -0.4 is 0 Å². The van der Waals surface area contributed by atoms with Crippen molar-refractivity contribution in [2.24, 2.45) is 0 Å². The highest BCUT2D eigenvalue weighted by atomic mass is 16.3. The van der Waals surface area contributed by atoms with Crippen molar-refractivity contribution in [2.45, 2.75) is 20.8 Å². The summed E-state index contributed by atoms with van der Waals surface area (Å²) >= 11 is 0. The third-order valence-corrected chi connectivity index (χ3v) is 0.577. The van der Waals surface area contributed by atoms with Gasteiger partial charge in [0.2, 0.25) is 0 Å². The minimum absolute atomic E-state index is 0.250. The fraction of sp³-hybridized carbons (Fsp3) is 0.500. The molecule has 8 heavy (non-hydrogen) atoms. The van der Waals surface area contributed by atoms with Gasteiger partial charge in [0.25, 0.3) is 6.47 Å². The third kappa shape index (κ3) is 63.1. The van der Waals surface area contributed by atoms with Crippen LogP contribution in [-0.4, -0.2) is 11.6 Å². The molecule has 0 rings (SSSR count). The van der Waals surface area contributed by atoms with Crippen molar-refractivity contribution in [3.8, 4) is 0 Å². The van der Waals surface area contributed by atoms with Crippen LogP contribution in [0.25, 0.3) is 0 Å². The molecule has 0 atom stereocenters. The molecule has 0 spiro atoms. The molecule has 0 aromatic carbocycles. The molecule has 0 heterocycles. The molecular formula is C6H12O2. The summed E-state index contributed by atoms with van der Waals surface area (Å²) in [4.78, 5) is 8.36. The maximum atomic E-state index is 8.36. The van der Waals surface area contributed by atoms with E-state index in [9.17, 15) is 0 Å². The predicted octanol–water partition coefficient (Wildman–Crippen LogP) is 1.67. The van der Waals surface area contributed by atoms with Crippen LogP contribution in [0, 0.1) is 0 Å². The van der Waals surface area contributed by atoms with Crippen molar-refractivity contribution in [1.82, 2.24) is 0 Å². The Hall–Kier alpha value is -0.790. The lowest BCUT2D eigenvalue weighted by atomic mass is 10.3. The Morgan fingerprint density at radius 2 is 1.62 bits per heavy atom. The zero-order valence-electron chi connectivity index (χ0n) is 5.51. The van der Waals surface area contributed by atoms with Crippen LogP contribution in [0.3, 0.4) is 0 Å². The van der Waals surface area contributed by atoms with E-state index in [1.807, 2.05) is 6.92 Å². The summed E-state index contributed by atoms with van der Waals surface area (Å²) in [6, 6.07) is 0. The van der Waals surface area contributed by atoms with Crippen LogP contribution in [0.5, 0.6) is 0 Å². The highest BCUT2D eigenvalue weighted by molar-refractivity contribution is 5.32. The maximum absolute atomic E-state index is 8.36. The van der Waals surface area contributed by atoms with E-state index in [1.54, 1.807) is 0 Å². The van der Waals surface area contributed by atoms with Crippen molar-refractivity contribution < 1.29 is 9.90 Å². The average molecular weight is 116 g/mol. The molecule has 0 aliphatic carbocycles. The van der Waals surface area contributed by atoms with E-state index < -0.39 is 0 Å². The minimum Gasteiger partial charge on any atom is -0.483 e. The van der Waals surface area contributed by atoms with E-state index in [0.29, 0.717) is 0 Å². The normalized spacial score (nSPS) is 5.88. The van der Waals surface area contributed by atoms with E-state index in [1.165, 1.54) is 5.57 Å². The molecule has 0 saturated heterocycles. The van der Waals surface area contributed by atoms with E-state index in [0.717, 1.165) is 0 Å². The Bertz CT molecular complexity index is 70.6. The Morgan fingerprint density at radius 3 is 1.62 bits per heavy atom. The highest BCUT2D eigenvalue weighted by Crippen LogP contribution is 1.82. The largest absolute Gasteiger partial charge is 0.483 e.